The molecule has 2 aromatic rings. The maximum Gasteiger partial charge on any atom is 0.260 e. The van der Waals surface area contributed by atoms with Crippen LogP contribution in [0.2, 0.25) is 0 Å². The van der Waals surface area contributed by atoms with Gasteiger partial charge in [0.15, 0.2) is 6.61 Å². The van der Waals surface area contributed by atoms with E-state index < -0.39 is 0 Å². The Bertz CT molecular complexity index is 796. The summed E-state index contributed by atoms with van der Waals surface area (Å²) >= 11 is 0. The number of carbonyl (C=O) groups is 2. The first-order chi connectivity index (χ1) is 13.0. The number of nitrogens with zero attached hydrogens (tertiary/aromatic N) is 1. The van der Waals surface area contributed by atoms with E-state index in [0.29, 0.717) is 31.7 Å². The fourth-order valence-corrected chi connectivity index (χ4v) is 3.20. The zero-order valence-electron chi connectivity index (χ0n) is 15.9. The standard InChI is InChI=1S/C22H26N2O3/c1-16-8-9-20(14-17(16)2)27-15-21(25)24-12-10-18(11-13-24)22(26)23-19-6-4-3-5-7-19/h3-9,14,18H,10-13,15H2,1-2H3,(H,23,26). The zero-order valence-corrected chi connectivity index (χ0v) is 15.9. The van der Waals surface area contributed by atoms with Gasteiger partial charge in [-0.15, -0.1) is 0 Å². The molecule has 0 radical (unpaired) electrons. The summed E-state index contributed by atoms with van der Waals surface area (Å²) in [5.41, 5.74) is 3.15. The monoisotopic (exact) mass is 366 g/mol. The highest BCUT2D eigenvalue weighted by Gasteiger charge is 2.27. The quantitative estimate of drug-likeness (QED) is 0.880. The van der Waals surface area contributed by atoms with Crippen molar-refractivity contribution < 1.29 is 14.3 Å². The number of anilines is 1. The van der Waals surface area contributed by atoms with Gasteiger partial charge in [0.25, 0.3) is 5.91 Å². The number of hydrogen-bond donors (Lipinski definition) is 1. The molecule has 2 amide bonds. The third-order valence-electron chi connectivity index (χ3n) is 5.10. The molecule has 1 fully saturated rings. The van der Waals surface area contributed by atoms with E-state index in [2.05, 4.69) is 5.32 Å². The SMILES string of the molecule is Cc1ccc(OCC(=O)N2CCC(C(=O)Nc3ccccc3)CC2)cc1C. The number of aryl methyl sites for hydroxylation is 2. The van der Waals surface area contributed by atoms with Crippen LogP contribution < -0.4 is 10.1 Å². The number of likely N-dealkylation sites (tertiary alicyclic amines) is 1. The largest absolute Gasteiger partial charge is 0.484 e. The number of piperidine rings is 1. The van der Waals surface area contributed by atoms with Crippen LogP contribution in [0.25, 0.3) is 0 Å². The molecule has 0 unspecified atom stereocenters. The number of para-hydroxylation sites is 1. The first-order valence-corrected chi connectivity index (χ1v) is 9.36. The topological polar surface area (TPSA) is 58.6 Å². The normalized spacial score (nSPS) is 14.7. The van der Waals surface area contributed by atoms with Crippen LogP contribution >= 0.6 is 0 Å². The molecule has 3 rings (SSSR count). The number of nitrogens with one attached hydrogen (secondary N) is 1. The average molecular weight is 366 g/mol. The molecule has 142 valence electrons. The third kappa shape index (κ3) is 5.09. The Hall–Kier alpha value is -2.82. The predicted octanol–water partition coefficient (Wildman–Crippen LogP) is 3.56. The van der Waals surface area contributed by atoms with Gasteiger partial charge in [-0.05, 0) is 62.1 Å². The van der Waals surface area contributed by atoms with Gasteiger partial charge in [-0.25, -0.2) is 0 Å². The van der Waals surface area contributed by atoms with Gasteiger partial charge in [0.05, 0.1) is 0 Å². The Kier molecular flexibility index (Phi) is 6.12. The molecule has 0 spiro atoms. The van der Waals surface area contributed by atoms with Crippen LogP contribution in [0, 0.1) is 19.8 Å². The Balaban J connectivity index is 1.44. The highest BCUT2D eigenvalue weighted by molar-refractivity contribution is 5.92. The van der Waals surface area contributed by atoms with E-state index in [0.717, 1.165) is 11.3 Å². The van der Waals surface area contributed by atoms with Gasteiger partial charge in [0.2, 0.25) is 5.91 Å². The van der Waals surface area contributed by atoms with Crippen LogP contribution in [-0.4, -0.2) is 36.4 Å². The zero-order chi connectivity index (χ0) is 19.2. The molecule has 5 heteroatoms. The van der Waals surface area contributed by atoms with Gasteiger partial charge >= 0.3 is 0 Å². The molecule has 0 bridgehead atoms. The van der Waals surface area contributed by atoms with E-state index in [1.165, 1.54) is 5.56 Å². The van der Waals surface area contributed by atoms with Crippen molar-refractivity contribution in [1.82, 2.24) is 4.90 Å². The van der Waals surface area contributed by atoms with Gasteiger partial charge in [-0.1, -0.05) is 24.3 Å². The summed E-state index contributed by atoms with van der Waals surface area (Å²) in [6.45, 7) is 5.27. The fourth-order valence-electron chi connectivity index (χ4n) is 3.20. The molecule has 0 aromatic heterocycles. The Labute approximate surface area is 160 Å². The minimum absolute atomic E-state index is 0.0275. The van der Waals surface area contributed by atoms with Crippen molar-refractivity contribution in [2.24, 2.45) is 5.92 Å². The van der Waals surface area contributed by atoms with Crippen molar-refractivity contribution >= 4 is 17.5 Å². The summed E-state index contributed by atoms with van der Waals surface area (Å²) in [6, 6.07) is 15.3. The number of benzene rings is 2. The molecule has 1 saturated heterocycles. The minimum atomic E-state index is -0.0603. The Morgan fingerprint density at radius 2 is 1.74 bits per heavy atom. The lowest BCUT2D eigenvalue weighted by atomic mass is 9.95. The first kappa shape index (κ1) is 19.0. The molecule has 27 heavy (non-hydrogen) atoms. The van der Waals surface area contributed by atoms with E-state index in [1.54, 1.807) is 4.90 Å². The number of ether oxygens (including phenoxy) is 1. The van der Waals surface area contributed by atoms with Gasteiger partial charge in [-0.2, -0.15) is 0 Å². The lowest BCUT2D eigenvalue weighted by Crippen LogP contribution is -2.43. The third-order valence-corrected chi connectivity index (χ3v) is 5.10. The molecule has 1 heterocycles. The second-order valence-electron chi connectivity index (χ2n) is 7.05. The molecular weight excluding hydrogens is 340 g/mol. The summed E-state index contributed by atoms with van der Waals surface area (Å²) in [5.74, 6) is 0.647. The van der Waals surface area contributed by atoms with Crippen molar-refractivity contribution in [2.45, 2.75) is 26.7 Å². The number of rotatable bonds is 5. The van der Waals surface area contributed by atoms with E-state index in [-0.39, 0.29) is 24.3 Å². The molecule has 0 atom stereocenters. The average Bonchev–Trinajstić information content (AvgIpc) is 2.69. The van der Waals surface area contributed by atoms with E-state index >= 15 is 0 Å². The summed E-state index contributed by atoms with van der Waals surface area (Å²) in [7, 11) is 0. The highest BCUT2D eigenvalue weighted by atomic mass is 16.5. The predicted molar refractivity (Wildman–Crippen MR) is 106 cm³/mol. The molecular formula is C22H26N2O3. The van der Waals surface area contributed by atoms with Crippen LogP contribution in [-0.2, 0) is 9.59 Å². The van der Waals surface area contributed by atoms with Gasteiger partial charge in [0, 0.05) is 24.7 Å². The fraction of sp³-hybridized carbons (Fsp3) is 0.364. The summed E-state index contributed by atoms with van der Waals surface area (Å²) in [4.78, 5) is 26.6. The summed E-state index contributed by atoms with van der Waals surface area (Å²) < 4.78 is 5.64. The number of hydrogen-bond acceptors (Lipinski definition) is 3. The smallest absolute Gasteiger partial charge is 0.260 e. The van der Waals surface area contributed by atoms with Crippen molar-refractivity contribution in [3.8, 4) is 5.75 Å². The first-order valence-electron chi connectivity index (χ1n) is 9.36. The van der Waals surface area contributed by atoms with Crippen LogP contribution in [0.15, 0.2) is 48.5 Å². The van der Waals surface area contributed by atoms with E-state index in [4.69, 9.17) is 4.74 Å². The van der Waals surface area contributed by atoms with Crippen molar-refractivity contribution in [3.05, 3.63) is 59.7 Å². The molecule has 1 aliphatic rings. The maximum absolute atomic E-state index is 12.4. The van der Waals surface area contributed by atoms with Gasteiger partial charge < -0.3 is 15.0 Å². The Morgan fingerprint density at radius 3 is 2.41 bits per heavy atom. The summed E-state index contributed by atoms with van der Waals surface area (Å²) in [5, 5.41) is 2.95. The van der Waals surface area contributed by atoms with Crippen LogP contribution in [0.5, 0.6) is 5.75 Å². The minimum Gasteiger partial charge on any atom is -0.484 e. The van der Waals surface area contributed by atoms with Crippen molar-refractivity contribution in [2.75, 3.05) is 25.0 Å². The van der Waals surface area contributed by atoms with Gasteiger partial charge in [0.1, 0.15) is 5.75 Å². The molecule has 1 aliphatic heterocycles. The Morgan fingerprint density at radius 1 is 1.04 bits per heavy atom. The second-order valence-corrected chi connectivity index (χ2v) is 7.05. The number of carbonyl (C=O) groups excluding carboxylic acids is 2. The molecule has 2 aromatic carbocycles. The molecule has 0 aliphatic carbocycles. The highest BCUT2D eigenvalue weighted by Crippen LogP contribution is 2.20. The molecule has 5 nitrogen and oxygen atoms in total. The van der Waals surface area contributed by atoms with Crippen LogP contribution in [0.4, 0.5) is 5.69 Å². The molecule has 1 N–H and O–H groups in total. The van der Waals surface area contributed by atoms with Crippen LogP contribution in [0.3, 0.4) is 0 Å². The van der Waals surface area contributed by atoms with Crippen LogP contribution in [0.1, 0.15) is 24.0 Å². The van der Waals surface area contributed by atoms with Gasteiger partial charge in [-0.3, -0.25) is 9.59 Å². The van der Waals surface area contributed by atoms with Crippen molar-refractivity contribution in [3.63, 3.8) is 0 Å². The number of amides is 2. The lowest BCUT2D eigenvalue weighted by Gasteiger charge is -2.31. The maximum atomic E-state index is 12.4. The van der Waals surface area contributed by atoms with E-state index in [9.17, 15) is 9.59 Å². The second kappa shape index (κ2) is 8.71. The van der Waals surface area contributed by atoms with Crippen molar-refractivity contribution in [1.29, 1.82) is 0 Å². The lowest BCUT2D eigenvalue weighted by molar-refractivity contribution is -0.136. The molecule has 0 saturated carbocycles. The van der Waals surface area contributed by atoms with E-state index in [1.807, 2.05) is 62.4 Å². The summed E-state index contributed by atoms with van der Waals surface area (Å²) in [6.07, 6.45) is 1.35.